The zero-order valence-electron chi connectivity index (χ0n) is 11.4. The van der Waals surface area contributed by atoms with Gasteiger partial charge in [0, 0.05) is 19.1 Å². The molecule has 3 nitrogen and oxygen atoms in total. The van der Waals surface area contributed by atoms with Crippen LogP contribution in [0.1, 0.15) is 31.7 Å². The summed E-state index contributed by atoms with van der Waals surface area (Å²) in [5, 5.41) is 8.95. The molecule has 2 aliphatic rings. The Kier molecular flexibility index (Phi) is 3.09. The van der Waals surface area contributed by atoms with Crippen LogP contribution in [0.25, 0.3) is 0 Å². The van der Waals surface area contributed by atoms with E-state index in [2.05, 4.69) is 42.2 Å². The van der Waals surface area contributed by atoms with Crippen molar-refractivity contribution in [2.75, 3.05) is 13.1 Å². The average molecular weight is 259 g/mol. The summed E-state index contributed by atoms with van der Waals surface area (Å²) in [4.78, 5) is 13.2. The molecule has 1 N–H and O–H groups in total. The Hall–Kier alpha value is -1.35. The number of carbonyl (C=O) groups is 1. The minimum absolute atomic E-state index is 0.136. The Bertz CT molecular complexity index is 467. The van der Waals surface area contributed by atoms with Gasteiger partial charge in [-0.15, -0.1) is 0 Å². The Morgan fingerprint density at radius 3 is 2.63 bits per heavy atom. The molecule has 1 aliphatic carbocycles. The lowest BCUT2D eigenvalue weighted by Gasteiger charge is -2.41. The number of nitrogens with zero attached hydrogens (tertiary/aromatic N) is 1. The fourth-order valence-electron chi connectivity index (χ4n) is 3.59. The molecule has 2 unspecified atom stereocenters. The van der Waals surface area contributed by atoms with Gasteiger partial charge in [0.15, 0.2) is 0 Å². The highest BCUT2D eigenvalue weighted by molar-refractivity contribution is 5.71. The second-order valence-corrected chi connectivity index (χ2v) is 6.31. The molecule has 0 amide bonds. The predicted octanol–water partition coefficient (Wildman–Crippen LogP) is 2.51. The first-order chi connectivity index (χ1) is 9.08. The molecular weight excluding hydrogens is 238 g/mol. The molecule has 1 saturated heterocycles. The van der Waals surface area contributed by atoms with Crippen LogP contribution in [0.15, 0.2) is 30.3 Å². The largest absolute Gasteiger partial charge is 0.481 e. The van der Waals surface area contributed by atoms with Crippen LogP contribution in [0.3, 0.4) is 0 Å². The van der Waals surface area contributed by atoms with Gasteiger partial charge in [-0.25, -0.2) is 0 Å². The van der Waals surface area contributed by atoms with Crippen LogP contribution in [-0.4, -0.2) is 35.1 Å². The number of rotatable bonds is 3. The minimum atomic E-state index is -0.639. The third kappa shape index (κ3) is 2.27. The molecule has 2 atom stereocenters. The van der Waals surface area contributed by atoms with Crippen LogP contribution in [0, 0.1) is 5.92 Å². The lowest BCUT2D eigenvalue weighted by molar-refractivity contribution is -0.148. The Morgan fingerprint density at radius 1 is 1.32 bits per heavy atom. The van der Waals surface area contributed by atoms with Gasteiger partial charge in [0.25, 0.3) is 0 Å². The van der Waals surface area contributed by atoms with Crippen LogP contribution in [-0.2, 0) is 10.2 Å². The topological polar surface area (TPSA) is 40.5 Å². The normalized spacial score (nSPS) is 32.2. The molecule has 1 heterocycles. The summed E-state index contributed by atoms with van der Waals surface area (Å²) >= 11 is 0. The smallest absolute Gasteiger partial charge is 0.309 e. The summed E-state index contributed by atoms with van der Waals surface area (Å²) in [5.74, 6) is -0.774. The molecule has 2 fully saturated rings. The molecule has 0 bridgehead atoms. The minimum Gasteiger partial charge on any atom is -0.481 e. The predicted molar refractivity (Wildman–Crippen MR) is 74.1 cm³/mol. The van der Waals surface area contributed by atoms with E-state index >= 15 is 0 Å². The van der Waals surface area contributed by atoms with Crippen LogP contribution < -0.4 is 0 Å². The van der Waals surface area contributed by atoms with Gasteiger partial charge in [-0.1, -0.05) is 37.3 Å². The first-order valence-electron chi connectivity index (χ1n) is 7.11. The van der Waals surface area contributed by atoms with E-state index in [0.717, 1.165) is 19.5 Å². The lowest BCUT2D eigenvalue weighted by Crippen LogP contribution is -2.54. The van der Waals surface area contributed by atoms with Crippen molar-refractivity contribution in [3.05, 3.63) is 35.9 Å². The van der Waals surface area contributed by atoms with Crippen molar-refractivity contribution in [2.45, 2.75) is 37.6 Å². The lowest BCUT2D eigenvalue weighted by atomic mass is 9.80. The van der Waals surface area contributed by atoms with Crippen molar-refractivity contribution in [1.82, 2.24) is 4.90 Å². The maximum atomic E-state index is 10.9. The van der Waals surface area contributed by atoms with Crippen LogP contribution >= 0.6 is 0 Å². The summed E-state index contributed by atoms with van der Waals surface area (Å²) in [5.41, 5.74) is 1.69. The summed E-state index contributed by atoms with van der Waals surface area (Å²) < 4.78 is 0. The van der Waals surface area contributed by atoms with E-state index < -0.39 is 5.97 Å². The van der Waals surface area contributed by atoms with Gasteiger partial charge in [0.1, 0.15) is 0 Å². The molecule has 3 heteroatoms. The molecule has 1 saturated carbocycles. The third-order valence-corrected chi connectivity index (χ3v) is 4.96. The molecule has 102 valence electrons. The number of hydrogen-bond donors (Lipinski definition) is 1. The molecular formula is C16H21NO2. The maximum Gasteiger partial charge on any atom is 0.309 e. The van der Waals surface area contributed by atoms with E-state index in [1.165, 1.54) is 18.4 Å². The van der Waals surface area contributed by atoms with Crippen molar-refractivity contribution in [3.8, 4) is 0 Å². The van der Waals surface area contributed by atoms with Gasteiger partial charge in [-0.3, -0.25) is 9.69 Å². The van der Waals surface area contributed by atoms with Crippen molar-refractivity contribution in [2.24, 2.45) is 5.92 Å². The van der Waals surface area contributed by atoms with Crippen LogP contribution in [0.5, 0.6) is 0 Å². The molecule has 1 aromatic rings. The van der Waals surface area contributed by atoms with Gasteiger partial charge in [-0.05, 0) is 30.2 Å². The Morgan fingerprint density at radius 2 is 2.00 bits per heavy atom. The molecule has 0 spiro atoms. The summed E-state index contributed by atoms with van der Waals surface area (Å²) in [6.07, 6.45) is 3.55. The summed E-state index contributed by atoms with van der Waals surface area (Å²) in [6, 6.07) is 11.3. The van der Waals surface area contributed by atoms with Gasteiger partial charge in [0.2, 0.25) is 0 Å². The molecule has 0 aromatic heterocycles. The summed E-state index contributed by atoms with van der Waals surface area (Å²) in [7, 11) is 0. The fraction of sp³-hybridized carbons (Fsp3) is 0.562. The number of carboxylic acid groups (broad SMARTS) is 1. The van der Waals surface area contributed by atoms with Crippen LogP contribution in [0.2, 0.25) is 0 Å². The SMILES string of the molecule is CC1(c2ccccc2)CCC(N2CC(C(=O)O)C2)C1. The quantitative estimate of drug-likeness (QED) is 0.906. The van der Waals surface area contributed by atoms with E-state index in [9.17, 15) is 4.79 Å². The van der Waals surface area contributed by atoms with Crippen molar-refractivity contribution >= 4 is 5.97 Å². The maximum absolute atomic E-state index is 10.9. The van der Waals surface area contributed by atoms with Crippen molar-refractivity contribution in [1.29, 1.82) is 0 Å². The van der Waals surface area contributed by atoms with E-state index in [-0.39, 0.29) is 11.3 Å². The number of aliphatic carboxylic acids is 1. The Balaban J connectivity index is 1.63. The van der Waals surface area contributed by atoms with Gasteiger partial charge < -0.3 is 5.11 Å². The highest BCUT2D eigenvalue weighted by Crippen LogP contribution is 2.43. The van der Waals surface area contributed by atoms with Crippen LogP contribution in [0.4, 0.5) is 0 Å². The molecule has 0 radical (unpaired) electrons. The number of likely N-dealkylation sites (tertiary alicyclic amines) is 1. The zero-order valence-corrected chi connectivity index (χ0v) is 11.4. The first-order valence-corrected chi connectivity index (χ1v) is 7.11. The van der Waals surface area contributed by atoms with E-state index in [1.807, 2.05) is 0 Å². The number of hydrogen-bond acceptors (Lipinski definition) is 2. The van der Waals surface area contributed by atoms with Gasteiger partial charge >= 0.3 is 5.97 Å². The zero-order chi connectivity index (χ0) is 13.5. The van der Waals surface area contributed by atoms with E-state index in [4.69, 9.17) is 5.11 Å². The fourth-order valence-corrected chi connectivity index (χ4v) is 3.59. The highest BCUT2D eigenvalue weighted by atomic mass is 16.4. The first kappa shape index (κ1) is 12.7. The molecule has 3 rings (SSSR count). The van der Waals surface area contributed by atoms with Crippen molar-refractivity contribution in [3.63, 3.8) is 0 Å². The number of benzene rings is 1. The number of carboxylic acids is 1. The second kappa shape index (κ2) is 4.64. The summed E-state index contributed by atoms with van der Waals surface area (Å²) in [6.45, 7) is 3.83. The van der Waals surface area contributed by atoms with E-state index in [1.54, 1.807) is 0 Å². The van der Waals surface area contributed by atoms with E-state index in [0.29, 0.717) is 6.04 Å². The van der Waals surface area contributed by atoms with Gasteiger partial charge in [0.05, 0.1) is 5.92 Å². The van der Waals surface area contributed by atoms with Crippen molar-refractivity contribution < 1.29 is 9.90 Å². The second-order valence-electron chi connectivity index (χ2n) is 6.31. The highest BCUT2D eigenvalue weighted by Gasteiger charge is 2.43. The molecule has 19 heavy (non-hydrogen) atoms. The molecule has 1 aromatic carbocycles. The average Bonchev–Trinajstić information content (AvgIpc) is 2.72. The molecule has 1 aliphatic heterocycles. The third-order valence-electron chi connectivity index (χ3n) is 4.96. The Labute approximate surface area is 114 Å². The van der Waals surface area contributed by atoms with Gasteiger partial charge in [-0.2, -0.15) is 0 Å². The monoisotopic (exact) mass is 259 g/mol. The standard InChI is InChI=1S/C16H21NO2/c1-16(13-5-3-2-4-6-13)8-7-14(9-16)17-10-12(11-17)15(18)19/h2-6,12,14H,7-11H2,1H3,(H,18,19).